The monoisotopic (exact) mass is 331 g/mol. The second-order valence-corrected chi connectivity index (χ2v) is 6.13. The Kier molecular flexibility index (Phi) is 4.80. The molecule has 1 aromatic heterocycles. The second kappa shape index (κ2) is 7.00. The number of carbonyl (C=O) groups is 1. The van der Waals surface area contributed by atoms with Crippen molar-refractivity contribution in [3.05, 3.63) is 42.0 Å². The minimum absolute atomic E-state index is 0.0264. The number of nitrogens with zero attached hydrogens (tertiary/aromatic N) is 3. The number of rotatable bonds is 6. The van der Waals surface area contributed by atoms with Crippen LogP contribution in [-0.2, 0) is 11.2 Å². The number of ether oxygens (including phenoxy) is 1. The second-order valence-electron chi connectivity index (χ2n) is 6.13. The number of aromatic nitrogens is 2. The molecular formula is C17H21N3O4. The predicted octanol–water partition coefficient (Wildman–Crippen LogP) is 1.35. The Labute approximate surface area is 140 Å². The number of aryl methyl sites for hydroxylation is 2. The number of hydrogen-bond acceptors (Lipinski definition) is 6. The van der Waals surface area contributed by atoms with E-state index in [1.54, 1.807) is 11.8 Å². The molecular weight excluding hydrogens is 310 g/mol. The van der Waals surface area contributed by atoms with Crippen molar-refractivity contribution in [3.63, 3.8) is 0 Å². The average molecular weight is 331 g/mol. The molecule has 1 N–H and O–H groups in total. The van der Waals surface area contributed by atoms with Crippen LogP contribution < -0.4 is 4.74 Å². The van der Waals surface area contributed by atoms with Crippen molar-refractivity contribution in [1.29, 1.82) is 0 Å². The van der Waals surface area contributed by atoms with Crippen LogP contribution in [0.4, 0.5) is 0 Å². The predicted molar refractivity (Wildman–Crippen MR) is 85.4 cm³/mol. The molecule has 24 heavy (non-hydrogen) atoms. The van der Waals surface area contributed by atoms with E-state index in [4.69, 9.17) is 9.26 Å². The highest BCUT2D eigenvalue weighted by Crippen LogP contribution is 2.23. The lowest BCUT2D eigenvalue weighted by Gasteiger charge is -2.23. The molecule has 2 heterocycles. The third-order valence-electron chi connectivity index (χ3n) is 4.06. The molecule has 0 aliphatic carbocycles. The number of hydrogen-bond donors (Lipinski definition) is 1. The van der Waals surface area contributed by atoms with Gasteiger partial charge in [0, 0.05) is 19.4 Å². The van der Waals surface area contributed by atoms with Gasteiger partial charge in [0.05, 0.1) is 6.54 Å². The van der Waals surface area contributed by atoms with Gasteiger partial charge in [-0.25, -0.2) is 0 Å². The summed E-state index contributed by atoms with van der Waals surface area (Å²) in [6.45, 7) is 2.71. The Bertz CT molecular complexity index is 688. The Morgan fingerprint density at radius 1 is 1.42 bits per heavy atom. The molecule has 0 bridgehead atoms. The van der Waals surface area contributed by atoms with E-state index in [2.05, 4.69) is 10.1 Å². The molecule has 3 rings (SSSR count). The first kappa shape index (κ1) is 16.4. The summed E-state index contributed by atoms with van der Waals surface area (Å²) in [4.78, 5) is 18.0. The highest BCUT2D eigenvalue weighted by Gasteiger charge is 2.38. The maximum Gasteiger partial charge on any atom is 0.227 e. The Balaban J connectivity index is 1.47. The van der Waals surface area contributed by atoms with E-state index in [1.807, 2.05) is 30.3 Å². The van der Waals surface area contributed by atoms with Gasteiger partial charge in [0.2, 0.25) is 11.8 Å². The summed E-state index contributed by atoms with van der Waals surface area (Å²) in [6.07, 6.45) is 1.21. The van der Waals surface area contributed by atoms with E-state index in [0.717, 1.165) is 0 Å². The van der Waals surface area contributed by atoms with E-state index >= 15 is 0 Å². The van der Waals surface area contributed by atoms with Gasteiger partial charge in [-0.15, -0.1) is 0 Å². The van der Waals surface area contributed by atoms with Crippen LogP contribution in [0.2, 0.25) is 0 Å². The zero-order valence-electron chi connectivity index (χ0n) is 13.6. The van der Waals surface area contributed by atoms with E-state index in [1.165, 1.54) is 0 Å². The molecule has 1 saturated heterocycles. The minimum atomic E-state index is -1.01. The molecule has 1 aromatic carbocycles. The number of para-hydroxylation sites is 1. The molecule has 0 radical (unpaired) electrons. The van der Waals surface area contributed by atoms with Crippen molar-refractivity contribution >= 4 is 5.91 Å². The van der Waals surface area contributed by atoms with Gasteiger partial charge in [0.25, 0.3) is 0 Å². The number of likely N-dealkylation sites (tertiary alicyclic amines) is 1. The number of aliphatic hydroxyl groups is 1. The first-order valence-electron chi connectivity index (χ1n) is 8.01. The van der Waals surface area contributed by atoms with E-state index in [-0.39, 0.29) is 25.5 Å². The van der Waals surface area contributed by atoms with Crippen molar-refractivity contribution in [2.24, 2.45) is 0 Å². The van der Waals surface area contributed by atoms with Crippen LogP contribution in [0.3, 0.4) is 0 Å². The van der Waals surface area contributed by atoms with Crippen molar-refractivity contribution < 1.29 is 19.2 Å². The normalized spacial score (nSPS) is 20.3. The van der Waals surface area contributed by atoms with E-state index in [0.29, 0.717) is 36.9 Å². The summed E-state index contributed by atoms with van der Waals surface area (Å²) in [5.41, 5.74) is -1.01. The van der Waals surface area contributed by atoms with Crippen LogP contribution >= 0.6 is 0 Å². The minimum Gasteiger partial charge on any atom is -0.491 e. The lowest BCUT2D eigenvalue weighted by molar-refractivity contribution is -0.131. The van der Waals surface area contributed by atoms with Gasteiger partial charge >= 0.3 is 0 Å². The molecule has 0 spiro atoms. The molecule has 1 aliphatic rings. The molecule has 2 aromatic rings. The van der Waals surface area contributed by atoms with Crippen LogP contribution in [0.1, 0.15) is 24.6 Å². The summed E-state index contributed by atoms with van der Waals surface area (Å²) in [6, 6.07) is 9.34. The van der Waals surface area contributed by atoms with E-state index in [9.17, 15) is 9.90 Å². The maximum atomic E-state index is 12.3. The van der Waals surface area contributed by atoms with Gasteiger partial charge in [-0.05, 0) is 25.5 Å². The molecule has 0 unspecified atom stereocenters. The fraction of sp³-hybridized carbons (Fsp3) is 0.471. The third kappa shape index (κ3) is 4.11. The van der Waals surface area contributed by atoms with Gasteiger partial charge in [0.1, 0.15) is 18.0 Å². The summed E-state index contributed by atoms with van der Waals surface area (Å²) in [5, 5.41) is 14.3. The summed E-state index contributed by atoms with van der Waals surface area (Å²) < 4.78 is 10.6. The van der Waals surface area contributed by atoms with Crippen molar-refractivity contribution in [2.45, 2.75) is 31.8 Å². The summed E-state index contributed by atoms with van der Waals surface area (Å²) in [7, 11) is 0. The fourth-order valence-electron chi connectivity index (χ4n) is 2.74. The molecule has 0 saturated carbocycles. The van der Waals surface area contributed by atoms with Crippen LogP contribution in [0.5, 0.6) is 5.75 Å². The zero-order valence-corrected chi connectivity index (χ0v) is 13.6. The van der Waals surface area contributed by atoms with Gasteiger partial charge < -0.3 is 19.3 Å². The lowest BCUT2D eigenvalue weighted by Crippen LogP contribution is -2.40. The molecule has 1 aliphatic heterocycles. The van der Waals surface area contributed by atoms with Crippen molar-refractivity contribution in [1.82, 2.24) is 15.0 Å². The molecule has 1 fully saturated rings. The number of β-amino-alcohol motifs (C(OH)–C–C–N with tert-alkyl or cyclic N) is 1. The summed E-state index contributed by atoms with van der Waals surface area (Å²) in [5.74, 6) is 1.71. The van der Waals surface area contributed by atoms with Gasteiger partial charge in [-0.1, -0.05) is 23.4 Å². The first-order chi connectivity index (χ1) is 11.5. The largest absolute Gasteiger partial charge is 0.491 e. The van der Waals surface area contributed by atoms with Crippen molar-refractivity contribution in [3.8, 4) is 5.75 Å². The third-order valence-corrected chi connectivity index (χ3v) is 4.06. The standard InChI is InChI=1S/C17H21N3O4/c1-13-18-15(24-19-13)7-8-16(21)20-10-9-17(22,11-20)12-23-14-5-3-2-4-6-14/h2-6,22H,7-12H2,1H3/t17-/m0/s1. The van der Waals surface area contributed by atoms with Gasteiger partial charge in [-0.3, -0.25) is 4.79 Å². The molecule has 128 valence electrons. The van der Waals surface area contributed by atoms with Crippen LogP contribution in [0, 0.1) is 6.92 Å². The number of amides is 1. The van der Waals surface area contributed by atoms with Crippen LogP contribution in [0.25, 0.3) is 0 Å². The van der Waals surface area contributed by atoms with Crippen LogP contribution in [-0.4, -0.2) is 51.4 Å². The van der Waals surface area contributed by atoms with Gasteiger partial charge in [0.15, 0.2) is 5.82 Å². The lowest BCUT2D eigenvalue weighted by atomic mass is 10.1. The summed E-state index contributed by atoms with van der Waals surface area (Å²) >= 11 is 0. The molecule has 1 amide bonds. The molecule has 7 heteroatoms. The average Bonchev–Trinajstić information content (AvgIpc) is 3.18. The first-order valence-corrected chi connectivity index (χ1v) is 8.01. The topological polar surface area (TPSA) is 88.7 Å². The molecule has 7 nitrogen and oxygen atoms in total. The quantitative estimate of drug-likeness (QED) is 0.859. The smallest absolute Gasteiger partial charge is 0.227 e. The highest BCUT2D eigenvalue weighted by atomic mass is 16.5. The number of benzene rings is 1. The van der Waals surface area contributed by atoms with E-state index < -0.39 is 5.60 Å². The Morgan fingerprint density at radius 3 is 2.92 bits per heavy atom. The Hall–Kier alpha value is -2.41. The van der Waals surface area contributed by atoms with Crippen LogP contribution in [0.15, 0.2) is 34.9 Å². The highest BCUT2D eigenvalue weighted by molar-refractivity contribution is 5.76. The number of carbonyl (C=O) groups excluding carboxylic acids is 1. The van der Waals surface area contributed by atoms with Gasteiger partial charge in [-0.2, -0.15) is 4.98 Å². The maximum absolute atomic E-state index is 12.3. The Morgan fingerprint density at radius 2 is 2.21 bits per heavy atom. The van der Waals surface area contributed by atoms with Crippen molar-refractivity contribution in [2.75, 3.05) is 19.7 Å². The SMILES string of the molecule is Cc1noc(CCC(=O)N2CC[C@@](O)(COc3ccccc3)C2)n1. The fourth-order valence-corrected chi connectivity index (χ4v) is 2.74. The zero-order chi connectivity index (χ0) is 17.0. The molecule has 1 atom stereocenters.